The molecule has 1 aromatic heterocycles. The zero-order valence-electron chi connectivity index (χ0n) is 9.69. The molecule has 0 aliphatic heterocycles. The Balaban J connectivity index is 2.77. The minimum atomic E-state index is -0.933. The lowest BCUT2D eigenvalue weighted by molar-refractivity contribution is 0.0697. The number of fused-ring (bicyclic) bond motifs is 1. The molecule has 4 heteroatoms. The van der Waals surface area contributed by atoms with Crippen LogP contribution in [-0.2, 0) is 6.54 Å². The number of aromatic nitrogens is 1. The van der Waals surface area contributed by atoms with E-state index in [0.717, 1.165) is 22.2 Å². The van der Waals surface area contributed by atoms with Crippen molar-refractivity contribution >= 4 is 16.9 Å². The van der Waals surface area contributed by atoms with Crippen LogP contribution >= 0.6 is 0 Å². The molecule has 0 spiro atoms. The summed E-state index contributed by atoms with van der Waals surface area (Å²) in [6.45, 7) is 4.16. The third-order valence-corrected chi connectivity index (χ3v) is 3.11. The molecule has 2 rings (SSSR count). The lowest BCUT2D eigenvalue weighted by atomic mass is 10.1. The monoisotopic (exact) mass is 228 g/mol. The van der Waals surface area contributed by atoms with Crippen LogP contribution in [0.15, 0.2) is 18.2 Å². The van der Waals surface area contributed by atoms with E-state index in [1.165, 1.54) is 0 Å². The Labute approximate surface area is 98.7 Å². The number of carboxylic acid groups (broad SMARTS) is 1. The molecule has 0 amide bonds. The van der Waals surface area contributed by atoms with Crippen molar-refractivity contribution in [1.29, 1.82) is 5.26 Å². The van der Waals surface area contributed by atoms with Crippen molar-refractivity contribution in [3.8, 4) is 6.07 Å². The van der Waals surface area contributed by atoms with Crippen molar-refractivity contribution < 1.29 is 9.90 Å². The molecule has 2 aromatic rings. The molecule has 0 aliphatic rings. The van der Waals surface area contributed by atoms with E-state index in [9.17, 15) is 4.79 Å². The molecule has 0 aliphatic carbocycles. The number of rotatable bonds is 2. The van der Waals surface area contributed by atoms with E-state index in [0.29, 0.717) is 0 Å². The Kier molecular flexibility index (Phi) is 2.60. The maximum Gasteiger partial charge on any atom is 0.335 e. The van der Waals surface area contributed by atoms with Gasteiger partial charge in [0.2, 0.25) is 0 Å². The number of benzene rings is 1. The van der Waals surface area contributed by atoms with Gasteiger partial charge in [-0.2, -0.15) is 5.26 Å². The predicted molar refractivity (Wildman–Crippen MR) is 64.0 cm³/mol. The molecule has 1 aromatic carbocycles. The van der Waals surface area contributed by atoms with Crippen LogP contribution < -0.4 is 0 Å². The Morgan fingerprint density at radius 2 is 2.18 bits per heavy atom. The average molecular weight is 228 g/mol. The predicted octanol–water partition coefficient (Wildman–Crippen LogP) is 2.48. The standard InChI is InChI=1S/C13H12N2O2/c1-8-9(2)15(6-5-14)12-4-3-10(13(16)17)7-11(8)12/h3-4,7H,6H2,1-2H3,(H,16,17). The van der Waals surface area contributed by atoms with Crippen LogP contribution in [-0.4, -0.2) is 15.6 Å². The number of aromatic carboxylic acids is 1. The highest BCUT2D eigenvalue weighted by Gasteiger charge is 2.12. The summed E-state index contributed by atoms with van der Waals surface area (Å²) >= 11 is 0. The molecule has 0 atom stereocenters. The fourth-order valence-corrected chi connectivity index (χ4v) is 2.06. The Hall–Kier alpha value is -2.28. The van der Waals surface area contributed by atoms with Crippen LogP contribution in [0.4, 0.5) is 0 Å². The number of aryl methyl sites for hydroxylation is 1. The molecule has 17 heavy (non-hydrogen) atoms. The van der Waals surface area contributed by atoms with Crippen LogP contribution in [0.25, 0.3) is 10.9 Å². The number of carboxylic acids is 1. The first-order valence-electron chi connectivity index (χ1n) is 5.26. The summed E-state index contributed by atoms with van der Waals surface area (Å²) in [5.74, 6) is -0.933. The third kappa shape index (κ3) is 1.66. The quantitative estimate of drug-likeness (QED) is 0.858. The van der Waals surface area contributed by atoms with Gasteiger partial charge >= 0.3 is 5.97 Å². The summed E-state index contributed by atoms with van der Waals surface area (Å²) in [6.07, 6.45) is 0. The van der Waals surface area contributed by atoms with E-state index < -0.39 is 5.97 Å². The Morgan fingerprint density at radius 1 is 1.47 bits per heavy atom. The zero-order valence-corrected chi connectivity index (χ0v) is 9.69. The van der Waals surface area contributed by atoms with Crippen molar-refractivity contribution in [2.75, 3.05) is 0 Å². The summed E-state index contributed by atoms with van der Waals surface area (Å²) in [6, 6.07) is 7.10. The maximum absolute atomic E-state index is 10.9. The summed E-state index contributed by atoms with van der Waals surface area (Å²) in [4.78, 5) is 10.9. The first-order chi connectivity index (χ1) is 8.06. The molecule has 1 heterocycles. The van der Waals surface area contributed by atoms with Crippen LogP contribution in [0.5, 0.6) is 0 Å². The fraction of sp³-hybridized carbons (Fsp3) is 0.231. The highest BCUT2D eigenvalue weighted by molar-refractivity contribution is 5.95. The number of nitriles is 1. The first kappa shape index (κ1) is 11.2. The highest BCUT2D eigenvalue weighted by atomic mass is 16.4. The molecule has 0 saturated carbocycles. The van der Waals surface area contributed by atoms with E-state index in [1.54, 1.807) is 18.2 Å². The van der Waals surface area contributed by atoms with Crippen molar-refractivity contribution in [1.82, 2.24) is 4.57 Å². The zero-order chi connectivity index (χ0) is 12.6. The molecule has 0 unspecified atom stereocenters. The summed E-state index contributed by atoms with van der Waals surface area (Å²) < 4.78 is 1.90. The topological polar surface area (TPSA) is 66.0 Å². The minimum Gasteiger partial charge on any atom is -0.478 e. The maximum atomic E-state index is 10.9. The number of hydrogen-bond acceptors (Lipinski definition) is 2. The Morgan fingerprint density at radius 3 is 2.76 bits per heavy atom. The van der Waals surface area contributed by atoms with E-state index in [2.05, 4.69) is 6.07 Å². The van der Waals surface area contributed by atoms with Crippen LogP contribution in [0.3, 0.4) is 0 Å². The van der Waals surface area contributed by atoms with Crippen LogP contribution in [0, 0.1) is 25.2 Å². The molecule has 0 fully saturated rings. The van der Waals surface area contributed by atoms with Crippen molar-refractivity contribution in [2.24, 2.45) is 0 Å². The molecule has 4 nitrogen and oxygen atoms in total. The largest absolute Gasteiger partial charge is 0.478 e. The van der Waals surface area contributed by atoms with Gasteiger partial charge in [-0.1, -0.05) is 0 Å². The third-order valence-electron chi connectivity index (χ3n) is 3.11. The normalized spacial score (nSPS) is 10.4. The van der Waals surface area contributed by atoms with Crippen molar-refractivity contribution in [3.05, 3.63) is 35.0 Å². The van der Waals surface area contributed by atoms with Gasteiger partial charge < -0.3 is 9.67 Å². The lowest BCUT2D eigenvalue weighted by Gasteiger charge is -2.02. The van der Waals surface area contributed by atoms with Crippen molar-refractivity contribution in [2.45, 2.75) is 20.4 Å². The Bertz CT molecular complexity index is 647. The molecule has 0 radical (unpaired) electrons. The van der Waals surface area contributed by atoms with Gasteiger partial charge in [-0.3, -0.25) is 0 Å². The van der Waals surface area contributed by atoms with Gasteiger partial charge in [0, 0.05) is 16.6 Å². The minimum absolute atomic E-state index is 0.273. The summed E-state index contributed by atoms with van der Waals surface area (Å²) in [5, 5.41) is 18.6. The van der Waals surface area contributed by atoms with E-state index in [-0.39, 0.29) is 12.1 Å². The van der Waals surface area contributed by atoms with Crippen LogP contribution in [0.1, 0.15) is 21.6 Å². The van der Waals surface area contributed by atoms with Gasteiger partial charge in [-0.25, -0.2) is 4.79 Å². The number of nitrogens with zero attached hydrogens (tertiary/aromatic N) is 2. The van der Waals surface area contributed by atoms with Gasteiger partial charge in [0.1, 0.15) is 6.54 Å². The molecular weight excluding hydrogens is 216 g/mol. The average Bonchev–Trinajstić information content (AvgIpc) is 2.54. The van der Waals surface area contributed by atoms with E-state index in [1.807, 2.05) is 18.4 Å². The smallest absolute Gasteiger partial charge is 0.335 e. The SMILES string of the molecule is Cc1c(C)n(CC#N)c2ccc(C(=O)O)cc12. The van der Waals surface area contributed by atoms with Gasteiger partial charge in [0.25, 0.3) is 0 Å². The molecule has 0 saturated heterocycles. The van der Waals surface area contributed by atoms with Crippen LogP contribution in [0.2, 0.25) is 0 Å². The second-order valence-corrected chi connectivity index (χ2v) is 3.99. The number of carbonyl (C=O) groups is 1. The van der Waals surface area contributed by atoms with Crippen molar-refractivity contribution in [3.63, 3.8) is 0 Å². The fourth-order valence-electron chi connectivity index (χ4n) is 2.06. The van der Waals surface area contributed by atoms with Gasteiger partial charge in [-0.15, -0.1) is 0 Å². The van der Waals surface area contributed by atoms with E-state index in [4.69, 9.17) is 10.4 Å². The van der Waals surface area contributed by atoms with Gasteiger partial charge in [0.05, 0.1) is 11.6 Å². The van der Waals surface area contributed by atoms with Gasteiger partial charge in [0.15, 0.2) is 0 Å². The molecule has 1 N–H and O–H groups in total. The number of hydrogen-bond donors (Lipinski definition) is 1. The molecule has 0 bridgehead atoms. The summed E-state index contributed by atoms with van der Waals surface area (Å²) in [5.41, 5.74) is 3.21. The molecular formula is C13H12N2O2. The molecule has 86 valence electrons. The lowest BCUT2D eigenvalue weighted by Crippen LogP contribution is -1.98. The summed E-state index contributed by atoms with van der Waals surface area (Å²) in [7, 11) is 0. The van der Waals surface area contributed by atoms with Gasteiger partial charge in [-0.05, 0) is 37.6 Å². The van der Waals surface area contributed by atoms with E-state index >= 15 is 0 Å². The highest BCUT2D eigenvalue weighted by Crippen LogP contribution is 2.26. The second-order valence-electron chi connectivity index (χ2n) is 3.99. The first-order valence-corrected chi connectivity index (χ1v) is 5.26. The second kappa shape index (κ2) is 3.95.